The monoisotopic (exact) mass is 538 g/mol. The second-order valence-corrected chi connectivity index (χ2v) is 9.86. The Hall–Kier alpha value is -4.99. The van der Waals surface area contributed by atoms with Gasteiger partial charge in [0.1, 0.15) is 17.3 Å². The number of hydrogen-bond acceptors (Lipinski definition) is 5. The third-order valence-electron chi connectivity index (χ3n) is 7.39. The van der Waals surface area contributed by atoms with Crippen molar-refractivity contribution in [2.24, 2.45) is 13.0 Å². The molecule has 1 saturated heterocycles. The predicted molar refractivity (Wildman–Crippen MR) is 148 cm³/mol. The maximum atomic E-state index is 13.8. The fourth-order valence-corrected chi connectivity index (χ4v) is 5.31. The predicted octanol–water partition coefficient (Wildman–Crippen LogP) is 4.43. The molecule has 1 N–H and O–H groups in total. The zero-order valence-electron chi connectivity index (χ0n) is 22.2. The van der Waals surface area contributed by atoms with Gasteiger partial charge in [0.15, 0.2) is 0 Å². The van der Waals surface area contributed by atoms with Crippen LogP contribution in [0.25, 0.3) is 16.6 Å². The lowest BCUT2D eigenvalue weighted by atomic mass is 9.94. The average molecular weight is 539 g/mol. The molecule has 3 aromatic carbocycles. The highest BCUT2D eigenvalue weighted by atomic mass is 19.1. The van der Waals surface area contributed by atoms with Gasteiger partial charge in [-0.2, -0.15) is 10.2 Å². The van der Waals surface area contributed by atoms with Gasteiger partial charge in [-0.25, -0.2) is 9.07 Å². The van der Waals surface area contributed by atoms with Crippen LogP contribution >= 0.6 is 0 Å². The zero-order chi connectivity index (χ0) is 28.0. The summed E-state index contributed by atoms with van der Waals surface area (Å²) in [5, 5.41) is 12.6. The number of carbonyl (C=O) groups excluding carboxylic acids is 2. The van der Waals surface area contributed by atoms with Crippen molar-refractivity contribution < 1.29 is 18.7 Å². The van der Waals surface area contributed by atoms with E-state index in [9.17, 15) is 14.0 Å². The number of nitrogens with zero attached hydrogens (tertiary/aromatic N) is 5. The molecule has 3 atom stereocenters. The SMILES string of the molecule is COc1ccc(C2[C@@H](NC(=O)c3ccn(C)n3)C(C)C(=O)N2c2ccc3c(cnn3-c3ccc(F)cc3)c2)cc1. The maximum Gasteiger partial charge on any atom is 0.272 e. The van der Waals surface area contributed by atoms with E-state index < -0.39 is 18.0 Å². The molecule has 40 heavy (non-hydrogen) atoms. The fraction of sp³-hybridized carbons (Fsp3) is 0.200. The zero-order valence-corrected chi connectivity index (χ0v) is 22.2. The lowest BCUT2D eigenvalue weighted by molar-refractivity contribution is -0.120. The van der Waals surface area contributed by atoms with E-state index in [1.807, 2.05) is 49.4 Å². The van der Waals surface area contributed by atoms with Crippen LogP contribution in [0.4, 0.5) is 10.1 Å². The highest BCUT2D eigenvalue weighted by Gasteiger charge is 2.48. The van der Waals surface area contributed by atoms with Gasteiger partial charge >= 0.3 is 0 Å². The van der Waals surface area contributed by atoms with Crippen LogP contribution in [-0.4, -0.2) is 44.5 Å². The van der Waals surface area contributed by atoms with Crippen molar-refractivity contribution in [1.82, 2.24) is 24.9 Å². The average Bonchev–Trinajstić information content (AvgIpc) is 3.66. The normalized spacial score (nSPS) is 18.9. The lowest BCUT2D eigenvalue weighted by Crippen LogP contribution is -2.42. The van der Waals surface area contributed by atoms with Crippen LogP contribution in [0.1, 0.15) is 29.0 Å². The smallest absolute Gasteiger partial charge is 0.272 e. The van der Waals surface area contributed by atoms with Crippen molar-refractivity contribution in [1.29, 1.82) is 0 Å². The highest BCUT2D eigenvalue weighted by molar-refractivity contribution is 6.02. The molecule has 2 unspecified atom stereocenters. The van der Waals surface area contributed by atoms with Crippen LogP contribution in [0.5, 0.6) is 5.75 Å². The van der Waals surface area contributed by atoms with Crippen molar-refractivity contribution >= 4 is 28.4 Å². The number of anilines is 1. The third kappa shape index (κ3) is 4.37. The summed E-state index contributed by atoms with van der Waals surface area (Å²) in [6.07, 6.45) is 3.42. The number of methoxy groups -OCH3 is 1. The van der Waals surface area contributed by atoms with Gasteiger partial charge in [-0.15, -0.1) is 0 Å². The summed E-state index contributed by atoms with van der Waals surface area (Å²) < 4.78 is 22.1. The van der Waals surface area contributed by atoms with Gasteiger partial charge in [-0.05, 0) is 66.2 Å². The van der Waals surface area contributed by atoms with Gasteiger partial charge in [-0.1, -0.05) is 19.1 Å². The first-order chi connectivity index (χ1) is 19.3. The first-order valence-electron chi connectivity index (χ1n) is 12.9. The Balaban J connectivity index is 1.40. The van der Waals surface area contributed by atoms with E-state index in [0.29, 0.717) is 11.4 Å². The Morgan fingerprint density at radius 3 is 2.40 bits per heavy atom. The van der Waals surface area contributed by atoms with Crippen LogP contribution in [-0.2, 0) is 11.8 Å². The molecule has 5 aromatic rings. The Labute approximate surface area is 229 Å². The molecule has 0 radical (unpaired) electrons. The molecule has 1 aliphatic heterocycles. The topological polar surface area (TPSA) is 94.3 Å². The number of carbonyl (C=O) groups is 2. The van der Waals surface area contributed by atoms with Crippen molar-refractivity contribution in [2.75, 3.05) is 12.0 Å². The van der Waals surface area contributed by atoms with Gasteiger partial charge in [0.05, 0.1) is 42.5 Å². The number of hydrogen-bond donors (Lipinski definition) is 1. The van der Waals surface area contributed by atoms with Crippen molar-refractivity contribution in [3.8, 4) is 11.4 Å². The molecule has 0 spiro atoms. The first kappa shape index (κ1) is 25.3. The number of nitrogens with one attached hydrogen (secondary N) is 1. The number of ether oxygens (including phenoxy) is 1. The minimum atomic E-state index is -0.520. The minimum Gasteiger partial charge on any atom is -0.497 e. The molecule has 1 fully saturated rings. The van der Waals surface area contributed by atoms with Crippen molar-refractivity contribution in [3.05, 3.63) is 102 Å². The molecule has 0 bridgehead atoms. The van der Waals surface area contributed by atoms with Crippen LogP contribution in [0.2, 0.25) is 0 Å². The Kier molecular flexibility index (Phi) is 6.30. The highest BCUT2D eigenvalue weighted by Crippen LogP contribution is 2.41. The van der Waals surface area contributed by atoms with Crippen LogP contribution in [0.15, 0.2) is 85.2 Å². The molecule has 6 rings (SSSR count). The van der Waals surface area contributed by atoms with Gasteiger partial charge < -0.3 is 15.0 Å². The minimum absolute atomic E-state index is 0.114. The largest absolute Gasteiger partial charge is 0.497 e. The number of halogens is 1. The molecule has 3 heterocycles. The Bertz CT molecular complexity index is 1710. The summed E-state index contributed by atoms with van der Waals surface area (Å²) in [7, 11) is 3.34. The quantitative estimate of drug-likeness (QED) is 0.345. The summed E-state index contributed by atoms with van der Waals surface area (Å²) in [6.45, 7) is 1.83. The first-order valence-corrected chi connectivity index (χ1v) is 12.9. The van der Waals surface area contributed by atoms with Gasteiger partial charge in [0.2, 0.25) is 5.91 Å². The standard InChI is InChI=1S/C30H27FN6O3/c1-18-27(33-29(38)25-14-15-35(2)34-25)28(19-4-11-24(40-3)12-5-19)36(30(18)39)23-10-13-26-20(16-23)17-32-37(26)22-8-6-21(31)7-9-22/h4-18,27-28H,1-3H3,(H,33,38)/t18?,27-,28?/m0/s1. The second-order valence-electron chi connectivity index (χ2n) is 9.86. The molecule has 2 amide bonds. The van der Waals surface area contributed by atoms with E-state index in [4.69, 9.17) is 4.74 Å². The molecule has 2 aromatic heterocycles. The van der Waals surface area contributed by atoms with E-state index in [1.54, 1.807) is 59.0 Å². The second kappa shape index (κ2) is 9.96. The van der Waals surface area contributed by atoms with Gasteiger partial charge in [0.25, 0.3) is 5.91 Å². The summed E-state index contributed by atoms with van der Waals surface area (Å²) >= 11 is 0. The molecular weight excluding hydrogens is 511 g/mol. The lowest BCUT2D eigenvalue weighted by Gasteiger charge is -2.29. The number of aromatic nitrogens is 4. The number of aryl methyl sites for hydroxylation is 1. The van der Waals surface area contributed by atoms with E-state index in [-0.39, 0.29) is 23.3 Å². The van der Waals surface area contributed by atoms with E-state index >= 15 is 0 Å². The summed E-state index contributed by atoms with van der Waals surface area (Å²) in [5.74, 6) is -0.591. The van der Waals surface area contributed by atoms with Crippen molar-refractivity contribution in [3.63, 3.8) is 0 Å². The van der Waals surface area contributed by atoms with Crippen LogP contribution < -0.4 is 15.0 Å². The Morgan fingerprint density at radius 2 is 1.73 bits per heavy atom. The number of benzene rings is 3. The van der Waals surface area contributed by atoms with E-state index in [1.165, 1.54) is 12.1 Å². The molecule has 0 aliphatic carbocycles. The van der Waals surface area contributed by atoms with E-state index in [2.05, 4.69) is 15.5 Å². The van der Waals surface area contributed by atoms with E-state index in [0.717, 1.165) is 22.2 Å². The maximum absolute atomic E-state index is 13.8. The molecule has 0 saturated carbocycles. The Morgan fingerprint density at radius 1 is 1.00 bits per heavy atom. The molecule has 202 valence electrons. The summed E-state index contributed by atoms with van der Waals surface area (Å²) in [4.78, 5) is 28.7. The molecule has 1 aliphatic rings. The van der Waals surface area contributed by atoms with Crippen molar-refractivity contribution in [2.45, 2.75) is 19.0 Å². The molecular formula is C30H27FN6O3. The van der Waals surface area contributed by atoms with Crippen LogP contribution in [0, 0.1) is 11.7 Å². The summed E-state index contributed by atoms with van der Waals surface area (Å²) in [5.41, 5.74) is 3.36. The number of fused-ring (bicyclic) bond motifs is 1. The number of amides is 2. The number of rotatable bonds is 6. The fourth-order valence-electron chi connectivity index (χ4n) is 5.31. The van der Waals surface area contributed by atoms with Gasteiger partial charge in [-0.3, -0.25) is 14.3 Å². The molecule has 10 heteroatoms. The molecule has 9 nitrogen and oxygen atoms in total. The van der Waals surface area contributed by atoms with Crippen LogP contribution in [0.3, 0.4) is 0 Å². The summed E-state index contributed by atoms with van der Waals surface area (Å²) in [6, 6.07) is 19.9. The van der Waals surface area contributed by atoms with Gasteiger partial charge in [0, 0.05) is 24.3 Å². The third-order valence-corrected chi connectivity index (χ3v) is 7.39.